The minimum absolute atomic E-state index is 0.100. The second-order valence-electron chi connectivity index (χ2n) is 7.56. The fourth-order valence-corrected chi connectivity index (χ4v) is 4.66. The third-order valence-electron chi connectivity index (χ3n) is 5.31. The monoisotopic (exact) mass is 472 g/mol. The number of para-hydroxylation sites is 2. The molecule has 0 saturated heterocycles. The predicted molar refractivity (Wildman–Crippen MR) is 131 cm³/mol. The predicted octanol–water partition coefficient (Wildman–Crippen LogP) is 4.13. The highest BCUT2D eigenvalue weighted by atomic mass is 32.1. The van der Waals surface area contributed by atoms with Crippen LogP contribution in [0.1, 0.15) is 28.4 Å². The highest BCUT2D eigenvalue weighted by Gasteiger charge is 2.12. The van der Waals surface area contributed by atoms with E-state index in [1.165, 1.54) is 11.3 Å². The number of rotatable bonds is 7. The normalized spacial score (nSPS) is 11.9. The number of aromatic carboxylic acids is 1. The lowest BCUT2D eigenvalue weighted by molar-refractivity contribution is 0.0697. The molecule has 0 bridgehead atoms. The molecule has 0 aliphatic heterocycles. The van der Waals surface area contributed by atoms with E-state index in [9.17, 15) is 9.59 Å². The van der Waals surface area contributed by atoms with Gasteiger partial charge in [-0.2, -0.15) is 0 Å². The summed E-state index contributed by atoms with van der Waals surface area (Å²) in [6.45, 7) is 2.61. The minimum atomic E-state index is -0.966. The first kappa shape index (κ1) is 21.7. The van der Waals surface area contributed by atoms with Gasteiger partial charge in [0.2, 0.25) is 0 Å². The molecule has 2 heterocycles. The number of carboxylic acids is 1. The van der Waals surface area contributed by atoms with Gasteiger partial charge in [-0.05, 0) is 60.5 Å². The molecule has 8 heteroatoms. The van der Waals surface area contributed by atoms with Crippen LogP contribution in [0.2, 0.25) is 0 Å². The van der Waals surface area contributed by atoms with Crippen molar-refractivity contribution in [1.82, 2.24) is 9.38 Å². The molecule has 0 spiro atoms. The summed E-state index contributed by atoms with van der Waals surface area (Å²) in [5.41, 5.74) is 3.38. The van der Waals surface area contributed by atoms with E-state index in [1.807, 2.05) is 49.4 Å². The van der Waals surface area contributed by atoms with Crippen LogP contribution >= 0.6 is 11.3 Å². The van der Waals surface area contributed by atoms with E-state index < -0.39 is 5.97 Å². The molecule has 3 aromatic carbocycles. The van der Waals surface area contributed by atoms with Gasteiger partial charge in [0.1, 0.15) is 6.61 Å². The number of fused-ring (bicyclic) bond motifs is 3. The van der Waals surface area contributed by atoms with Crippen LogP contribution in [-0.4, -0.2) is 27.1 Å². The van der Waals surface area contributed by atoms with Crippen molar-refractivity contribution >= 4 is 39.4 Å². The first-order valence-electron chi connectivity index (χ1n) is 10.7. The molecule has 0 radical (unpaired) electrons. The van der Waals surface area contributed by atoms with E-state index in [0.717, 1.165) is 22.2 Å². The molecular weight excluding hydrogens is 452 g/mol. The molecule has 0 aliphatic carbocycles. The van der Waals surface area contributed by atoms with E-state index in [2.05, 4.69) is 4.98 Å². The minimum Gasteiger partial charge on any atom is -0.490 e. The number of ether oxygens (including phenoxy) is 2. The summed E-state index contributed by atoms with van der Waals surface area (Å²) in [4.78, 5) is 29.2. The molecular formula is C26H20N2O5S. The lowest BCUT2D eigenvalue weighted by Crippen LogP contribution is -2.22. The first-order valence-corrected chi connectivity index (χ1v) is 11.5. The molecule has 170 valence electrons. The van der Waals surface area contributed by atoms with Crippen LogP contribution in [-0.2, 0) is 6.61 Å². The highest BCUT2D eigenvalue weighted by Crippen LogP contribution is 2.29. The van der Waals surface area contributed by atoms with Gasteiger partial charge in [0, 0.05) is 0 Å². The molecule has 0 unspecified atom stereocenters. The van der Waals surface area contributed by atoms with Gasteiger partial charge in [-0.3, -0.25) is 4.79 Å². The van der Waals surface area contributed by atoms with Crippen LogP contribution in [0.15, 0.2) is 71.5 Å². The molecule has 0 atom stereocenters. The summed E-state index contributed by atoms with van der Waals surface area (Å²) >= 11 is 1.35. The van der Waals surface area contributed by atoms with Crippen molar-refractivity contribution in [2.24, 2.45) is 0 Å². The quantitative estimate of drug-likeness (QED) is 0.383. The number of imidazole rings is 1. The second kappa shape index (κ2) is 8.99. The van der Waals surface area contributed by atoms with Crippen molar-refractivity contribution in [3.8, 4) is 11.5 Å². The van der Waals surface area contributed by atoms with Gasteiger partial charge in [0.15, 0.2) is 16.5 Å². The number of benzene rings is 3. The Morgan fingerprint density at radius 1 is 1.06 bits per heavy atom. The molecule has 5 aromatic rings. The van der Waals surface area contributed by atoms with E-state index in [0.29, 0.717) is 27.6 Å². The average molecular weight is 473 g/mol. The van der Waals surface area contributed by atoms with Crippen molar-refractivity contribution < 1.29 is 19.4 Å². The summed E-state index contributed by atoms with van der Waals surface area (Å²) < 4.78 is 13.9. The fourth-order valence-electron chi connectivity index (χ4n) is 3.67. The van der Waals surface area contributed by atoms with Crippen molar-refractivity contribution in [2.75, 3.05) is 6.61 Å². The van der Waals surface area contributed by atoms with Crippen molar-refractivity contribution in [3.05, 3.63) is 98.3 Å². The Labute approximate surface area is 198 Å². The SMILES string of the molecule is CCOc1cc(/C=c2\sc3nc4ccccc4n3c2=O)ccc1OCc1ccc(C(=O)O)cc1. The van der Waals surface area contributed by atoms with Gasteiger partial charge in [-0.15, -0.1) is 0 Å². The van der Waals surface area contributed by atoms with Gasteiger partial charge >= 0.3 is 5.97 Å². The number of hydrogen-bond donors (Lipinski definition) is 1. The van der Waals surface area contributed by atoms with E-state index in [-0.39, 0.29) is 17.7 Å². The Kier molecular flexibility index (Phi) is 5.73. The number of thiazole rings is 1. The van der Waals surface area contributed by atoms with Crippen LogP contribution < -0.4 is 19.6 Å². The van der Waals surface area contributed by atoms with Gasteiger partial charge in [-0.25, -0.2) is 14.2 Å². The summed E-state index contributed by atoms with van der Waals surface area (Å²) in [6.07, 6.45) is 1.83. The van der Waals surface area contributed by atoms with Crippen molar-refractivity contribution in [1.29, 1.82) is 0 Å². The van der Waals surface area contributed by atoms with Crippen LogP contribution in [0.5, 0.6) is 11.5 Å². The van der Waals surface area contributed by atoms with E-state index >= 15 is 0 Å². The molecule has 2 aromatic heterocycles. The number of carbonyl (C=O) groups is 1. The lowest BCUT2D eigenvalue weighted by atomic mass is 10.1. The first-order chi connectivity index (χ1) is 16.5. The average Bonchev–Trinajstić information content (AvgIpc) is 3.35. The number of hydrogen-bond acceptors (Lipinski definition) is 6. The number of aromatic nitrogens is 2. The maximum atomic E-state index is 13.0. The van der Waals surface area contributed by atoms with Gasteiger partial charge in [-0.1, -0.05) is 41.7 Å². The maximum absolute atomic E-state index is 13.0. The van der Waals surface area contributed by atoms with Gasteiger partial charge in [0.05, 0.1) is 27.7 Å². The molecule has 5 rings (SSSR count). The van der Waals surface area contributed by atoms with Crippen LogP contribution in [0.25, 0.3) is 22.1 Å². The molecule has 0 fully saturated rings. The Balaban J connectivity index is 1.44. The van der Waals surface area contributed by atoms with Crippen LogP contribution in [0, 0.1) is 0 Å². The summed E-state index contributed by atoms with van der Waals surface area (Å²) in [5, 5.41) is 9.03. The summed E-state index contributed by atoms with van der Waals surface area (Å²) in [6, 6.07) is 19.6. The third-order valence-corrected chi connectivity index (χ3v) is 6.27. The highest BCUT2D eigenvalue weighted by molar-refractivity contribution is 7.15. The summed E-state index contributed by atoms with van der Waals surface area (Å²) in [7, 11) is 0. The zero-order chi connectivity index (χ0) is 23.7. The van der Waals surface area contributed by atoms with Crippen molar-refractivity contribution in [2.45, 2.75) is 13.5 Å². The Morgan fingerprint density at radius 2 is 1.85 bits per heavy atom. The van der Waals surface area contributed by atoms with E-state index in [4.69, 9.17) is 14.6 Å². The van der Waals surface area contributed by atoms with Crippen LogP contribution in [0.4, 0.5) is 0 Å². The molecule has 0 amide bonds. The number of nitrogens with zero attached hydrogens (tertiary/aromatic N) is 2. The van der Waals surface area contributed by atoms with E-state index in [1.54, 1.807) is 34.7 Å². The third kappa shape index (κ3) is 4.11. The second-order valence-corrected chi connectivity index (χ2v) is 8.57. The molecule has 1 N–H and O–H groups in total. The van der Waals surface area contributed by atoms with Crippen molar-refractivity contribution in [3.63, 3.8) is 0 Å². The standard InChI is InChI=1S/C26H20N2O5S/c1-2-32-22-13-17(9-12-21(22)33-15-16-7-10-18(11-8-16)25(30)31)14-23-24(29)28-20-6-4-3-5-19(20)27-26(28)34-23/h3-14H,2,15H2,1H3,(H,30,31)/b23-14-. The fraction of sp³-hybridized carbons (Fsp3) is 0.115. The summed E-state index contributed by atoms with van der Waals surface area (Å²) in [5.74, 6) is 0.166. The zero-order valence-electron chi connectivity index (χ0n) is 18.2. The Morgan fingerprint density at radius 3 is 2.62 bits per heavy atom. The largest absolute Gasteiger partial charge is 0.490 e. The molecule has 7 nitrogen and oxygen atoms in total. The Hall–Kier alpha value is -4.17. The van der Waals surface area contributed by atoms with Crippen LogP contribution in [0.3, 0.4) is 0 Å². The lowest BCUT2D eigenvalue weighted by Gasteiger charge is -2.13. The molecule has 0 saturated carbocycles. The smallest absolute Gasteiger partial charge is 0.335 e. The number of carboxylic acid groups (broad SMARTS) is 1. The zero-order valence-corrected chi connectivity index (χ0v) is 19.0. The molecule has 0 aliphatic rings. The van der Waals surface area contributed by atoms with Gasteiger partial charge in [0.25, 0.3) is 5.56 Å². The maximum Gasteiger partial charge on any atom is 0.335 e. The molecule has 34 heavy (non-hydrogen) atoms. The van der Waals surface area contributed by atoms with Gasteiger partial charge < -0.3 is 14.6 Å². The Bertz CT molecular complexity index is 1620. The topological polar surface area (TPSA) is 90.1 Å².